The van der Waals surface area contributed by atoms with E-state index in [1.54, 1.807) is 24.3 Å². The van der Waals surface area contributed by atoms with Crippen molar-refractivity contribution >= 4 is 23.4 Å². The number of carbonyl (C=O) groups excluding carboxylic acids is 2. The number of nitrogens with one attached hydrogen (secondary N) is 1. The van der Waals surface area contributed by atoms with E-state index >= 15 is 0 Å². The predicted molar refractivity (Wildman–Crippen MR) is 101 cm³/mol. The first-order chi connectivity index (χ1) is 12.6. The first-order valence-electron chi connectivity index (χ1n) is 9.71. The van der Waals surface area contributed by atoms with Gasteiger partial charge in [-0.05, 0) is 62.9 Å². The molecular weight excluding hydrogens is 350 g/mol. The summed E-state index contributed by atoms with van der Waals surface area (Å²) < 4.78 is 0. The Kier molecular flexibility index (Phi) is 5.18. The minimum atomic E-state index is -0.0683. The molecule has 2 bridgehead atoms. The van der Waals surface area contributed by atoms with Gasteiger partial charge in [0.05, 0.1) is 5.92 Å². The third kappa shape index (κ3) is 3.47. The van der Waals surface area contributed by atoms with Crippen LogP contribution >= 0.6 is 11.6 Å². The summed E-state index contributed by atoms with van der Waals surface area (Å²) in [6.07, 6.45) is 5.04. The lowest BCUT2D eigenvalue weighted by atomic mass is 9.95. The van der Waals surface area contributed by atoms with E-state index in [9.17, 15) is 9.59 Å². The van der Waals surface area contributed by atoms with Crippen LogP contribution in [-0.2, 0) is 4.79 Å². The van der Waals surface area contributed by atoms with Crippen LogP contribution in [0.4, 0.5) is 0 Å². The third-order valence-electron chi connectivity index (χ3n) is 6.06. The van der Waals surface area contributed by atoms with Crippen molar-refractivity contribution in [3.8, 4) is 0 Å². The largest absolute Gasteiger partial charge is 0.338 e. The number of piperidine rings is 1. The first-order valence-corrected chi connectivity index (χ1v) is 10.1. The van der Waals surface area contributed by atoms with Gasteiger partial charge in [0.25, 0.3) is 5.91 Å². The Labute approximate surface area is 159 Å². The highest BCUT2D eigenvalue weighted by Crippen LogP contribution is 2.31. The molecule has 0 spiro atoms. The SMILES string of the molecule is O=C(c1ccc(Cl)cc1)N1CCCC(C(=O)N2C3CCNCC2CC3)C1. The van der Waals surface area contributed by atoms with Crippen molar-refractivity contribution in [3.63, 3.8) is 0 Å². The highest BCUT2D eigenvalue weighted by atomic mass is 35.5. The molecule has 5 nitrogen and oxygen atoms in total. The minimum Gasteiger partial charge on any atom is -0.338 e. The van der Waals surface area contributed by atoms with E-state index in [1.165, 1.54) is 0 Å². The molecule has 3 heterocycles. The molecule has 3 atom stereocenters. The van der Waals surface area contributed by atoms with Crippen molar-refractivity contribution in [2.75, 3.05) is 26.2 Å². The van der Waals surface area contributed by atoms with Crippen molar-refractivity contribution in [3.05, 3.63) is 34.9 Å². The van der Waals surface area contributed by atoms with Crippen molar-refractivity contribution in [1.29, 1.82) is 0 Å². The van der Waals surface area contributed by atoms with Crippen LogP contribution in [0.15, 0.2) is 24.3 Å². The highest BCUT2D eigenvalue weighted by Gasteiger charge is 2.41. The number of hydrogen-bond donors (Lipinski definition) is 1. The summed E-state index contributed by atoms with van der Waals surface area (Å²) in [5, 5.41) is 4.07. The average molecular weight is 376 g/mol. The fraction of sp³-hybridized carbons (Fsp3) is 0.600. The van der Waals surface area contributed by atoms with Crippen molar-refractivity contribution in [2.45, 2.75) is 44.2 Å². The van der Waals surface area contributed by atoms with Crippen molar-refractivity contribution < 1.29 is 9.59 Å². The normalized spacial score (nSPS) is 28.7. The molecule has 4 rings (SSSR count). The summed E-state index contributed by atoms with van der Waals surface area (Å²) in [6.45, 7) is 3.16. The van der Waals surface area contributed by atoms with E-state index in [-0.39, 0.29) is 17.7 Å². The Morgan fingerprint density at radius 1 is 1.04 bits per heavy atom. The molecule has 0 radical (unpaired) electrons. The number of carbonyl (C=O) groups is 2. The van der Waals surface area contributed by atoms with Gasteiger partial charge in [-0.1, -0.05) is 11.6 Å². The van der Waals surface area contributed by atoms with Gasteiger partial charge in [0.1, 0.15) is 0 Å². The van der Waals surface area contributed by atoms with Gasteiger partial charge >= 0.3 is 0 Å². The van der Waals surface area contributed by atoms with Gasteiger partial charge in [-0.2, -0.15) is 0 Å². The maximum Gasteiger partial charge on any atom is 0.253 e. The van der Waals surface area contributed by atoms with Gasteiger partial charge < -0.3 is 15.1 Å². The second-order valence-electron chi connectivity index (χ2n) is 7.72. The maximum atomic E-state index is 13.3. The second kappa shape index (κ2) is 7.57. The Morgan fingerprint density at radius 2 is 1.81 bits per heavy atom. The van der Waals surface area contributed by atoms with Gasteiger partial charge in [-0.3, -0.25) is 9.59 Å². The Balaban J connectivity index is 1.45. The zero-order valence-electron chi connectivity index (χ0n) is 15.0. The lowest BCUT2D eigenvalue weighted by molar-refractivity contribution is -0.139. The number of amides is 2. The number of fused-ring (bicyclic) bond motifs is 2. The predicted octanol–water partition coefficient (Wildman–Crippen LogP) is 2.55. The molecule has 2 amide bonds. The van der Waals surface area contributed by atoms with Crippen LogP contribution in [0.5, 0.6) is 0 Å². The van der Waals surface area contributed by atoms with Gasteiger partial charge in [0, 0.05) is 42.3 Å². The maximum absolute atomic E-state index is 13.3. The Bertz CT molecular complexity index is 664. The molecule has 1 aromatic carbocycles. The summed E-state index contributed by atoms with van der Waals surface area (Å²) in [4.78, 5) is 30.1. The zero-order chi connectivity index (χ0) is 18.1. The molecule has 140 valence electrons. The van der Waals surface area contributed by atoms with E-state index in [4.69, 9.17) is 11.6 Å². The first kappa shape index (κ1) is 17.8. The van der Waals surface area contributed by atoms with E-state index < -0.39 is 0 Å². The van der Waals surface area contributed by atoms with Crippen LogP contribution in [0.2, 0.25) is 5.02 Å². The third-order valence-corrected chi connectivity index (χ3v) is 6.31. The molecule has 3 aliphatic heterocycles. The van der Waals surface area contributed by atoms with Crippen LogP contribution in [0, 0.1) is 5.92 Å². The number of nitrogens with zero attached hydrogens (tertiary/aromatic N) is 2. The van der Waals surface area contributed by atoms with Gasteiger partial charge in [-0.15, -0.1) is 0 Å². The van der Waals surface area contributed by atoms with E-state index in [2.05, 4.69) is 10.2 Å². The molecule has 0 aliphatic carbocycles. The smallest absolute Gasteiger partial charge is 0.253 e. The summed E-state index contributed by atoms with van der Waals surface area (Å²) in [6, 6.07) is 7.71. The van der Waals surface area contributed by atoms with E-state index in [0.717, 1.165) is 51.7 Å². The van der Waals surface area contributed by atoms with Crippen molar-refractivity contribution in [1.82, 2.24) is 15.1 Å². The number of hydrogen-bond acceptors (Lipinski definition) is 3. The molecule has 1 N–H and O–H groups in total. The van der Waals surface area contributed by atoms with Gasteiger partial charge in [-0.25, -0.2) is 0 Å². The standard InChI is InChI=1S/C20H26ClN3O2/c21-16-5-3-14(4-6-16)19(25)23-11-1-2-15(13-23)20(26)24-17-7-8-18(24)12-22-10-9-17/h3-6,15,17-18,22H,1-2,7-13H2. The topological polar surface area (TPSA) is 52.7 Å². The molecule has 0 saturated carbocycles. The highest BCUT2D eigenvalue weighted by molar-refractivity contribution is 6.30. The number of halogens is 1. The van der Waals surface area contributed by atoms with Gasteiger partial charge in [0.2, 0.25) is 5.91 Å². The Morgan fingerprint density at radius 3 is 2.62 bits per heavy atom. The summed E-state index contributed by atoms with van der Waals surface area (Å²) in [5.41, 5.74) is 0.640. The number of rotatable bonds is 2. The van der Waals surface area contributed by atoms with Crippen LogP contribution in [-0.4, -0.2) is 59.9 Å². The molecule has 3 unspecified atom stereocenters. The fourth-order valence-electron chi connectivity index (χ4n) is 4.69. The monoisotopic (exact) mass is 375 g/mol. The second-order valence-corrected chi connectivity index (χ2v) is 8.16. The van der Waals surface area contributed by atoms with E-state index in [1.807, 2.05) is 4.90 Å². The van der Waals surface area contributed by atoms with Crippen LogP contribution in [0.3, 0.4) is 0 Å². The molecule has 26 heavy (non-hydrogen) atoms. The molecule has 1 aromatic rings. The molecule has 6 heteroatoms. The minimum absolute atomic E-state index is 0.000304. The van der Waals surface area contributed by atoms with Crippen LogP contribution in [0.25, 0.3) is 0 Å². The zero-order valence-corrected chi connectivity index (χ0v) is 15.8. The molecule has 3 aliphatic rings. The van der Waals surface area contributed by atoms with Gasteiger partial charge in [0.15, 0.2) is 0 Å². The lowest BCUT2D eigenvalue weighted by Crippen LogP contribution is -2.50. The summed E-state index contributed by atoms with van der Waals surface area (Å²) >= 11 is 5.92. The summed E-state index contributed by atoms with van der Waals surface area (Å²) in [7, 11) is 0. The Hall–Kier alpha value is -1.59. The number of benzene rings is 1. The average Bonchev–Trinajstić information content (AvgIpc) is 2.94. The van der Waals surface area contributed by atoms with Crippen LogP contribution < -0.4 is 5.32 Å². The molecule has 0 aromatic heterocycles. The quantitative estimate of drug-likeness (QED) is 0.864. The van der Waals surface area contributed by atoms with Crippen LogP contribution in [0.1, 0.15) is 42.5 Å². The van der Waals surface area contributed by atoms with E-state index in [0.29, 0.717) is 29.2 Å². The molecule has 3 saturated heterocycles. The lowest BCUT2D eigenvalue weighted by Gasteiger charge is -2.37. The molecule has 3 fully saturated rings. The fourth-order valence-corrected chi connectivity index (χ4v) is 4.82. The summed E-state index contributed by atoms with van der Waals surface area (Å²) in [5.74, 6) is 0.190. The van der Waals surface area contributed by atoms with Crippen molar-refractivity contribution in [2.24, 2.45) is 5.92 Å². The molecular formula is C20H26ClN3O2. The number of likely N-dealkylation sites (tertiary alicyclic amines) is 1.